The second kappa shape index (κ2) is 8.73. The number of carbonyl (C=O) groups is 2. The minimum absolute atomic E-state index is 0.0251. The van der Waals surface area contributed by atoms with Crippen LogP contribution >= 0.6 is 0 Å². The first-order valence-corrected chi connectivity index (χ1v) is 7.93. The molecule has 0 unspecified atom stereocenters. The lowest BCUT2D eigenvalue weighted by Crippen LogP contribution is -2.32. The molecule has 0 saturated heterocycles. The van der Waals surface area contributed by atoms with E-state index in [1.165, 1.54) is 24.1 Å². The average Bonchev–Trinajstić information content (AvgIpc) is 2.61. The van der Waals surface area contributed by atoms with Gasteiger partial charge in [-0.05, 0) is 30.2 Å². The van der Waals surface area contributed by atoms with Crippen molar-refractivity contribution < 1.29 is 24.5 Å². The van der Waals surface area contributed by atoms with E-state index in [-0.39, 0.29) is 30.2 Å². The van der Waals surface area contributed by atoms with Gasteiger partial charge in [-0.1, -0.05) is 30.3 Å². The summed E-state index contributed by atoms with van der Waals surface area (Å²) in [5, 5.41) is 18.9. The zero-order chi connectivity index (χ0) is 18.2. The fraction of sp³-hybridized carbons (Fsp3) is 0.263. The van der Waals surface area contributed by atoms with Crippen molar-refractivity contribution in [2.45, 2.75) is 19.4 Å². The lowest BCUT2D eigenvalue weighted by molar-refractivity contribution is -0.137. The van der Waals surface area contributed by atoms with Crippen LogP contribution in [0.15, 0.2) is 48.5 Å². The third-order valence-corrected chi connectivity index (χ3v) is 3.76. The maximum Gasteiger partial charge on any atom is 0.303 e. The Morgan fingerprint density at radius 3 is 2.48 bits per heavy atom. The second-order valence-electron chi connectivity index (χ2n) is 5.59. The molecule has 2 aromatic carbocycles. The number of amides is 1. The Morgan fingerprint density at radius 2 is 1.84 bits per heavy atom. The van der Waals surface area contributed by atoms with Gasteiger partial charge in [-0.3, -0.25) is 9.59 Å². The molecular weight excluding hydrogens is 322 g/mol. The fourth-order valence-corrected chi connectivity index (χ4v) is 2.46. The van der Waals surface area contributed by atoms with Crippen LogP contribution in [0.25, 0.3) is 0 Å². The molecule has 2 N–H and O–H groups in total. The minimum atomic E-state index is -0.906. The molecule has 0 heterocycles. The van der Waals surface area contributed by atoms with Gasteiger partial charge >= 0.3 is 5.97 Å². The lowest BCUT2D eigenvalue weighted by Gasteiger charge is -2.23. The molecule has 0 aromatic heterocycles. The van der Waals surface area contributed by atoms with E-state index in [4.69, 9.17) is 9.84 Å². The number of hydrogen-bond acceptors (Lipinski definition) is 4. The van der Waals surface area contributed by atoms with Crippen molar-refractivity contribution in [2.75, 3.05) is 13.7 Å². The summed E-state index contributed by atoms with van der Waals surface area (Å²) in [5.41, 5.74) is 1.05. The molecule has 0 fully saturated rings. The third kappa shape index (κ3) is 5.24. The number of carboxylic acids is 1. The summed E-state index contributed by atoms with van der Waals surface area (Å²) in [6.07, 6.45) is 0.307. The molecule has 0 atom stereocenters. The van der Waals surface area contributed by atoms with Gasteiger partial charge in [-0.25, -0.2) is 0 Å². The van der Waals surface area contributed by atoms with Crippen LogP contribution in [0.1, 0.15) is 28.8 Å². The number of aromatic hydroxyl groups is 1. The number of methoxy groups -OCH3 is 1. The van der Waals surface area contributed by atoms with Gasteiger partial charge in [0, 0.05) is 19.5 Å². The van der Waals surface area contributed by atoms with Gasteiger partial charge in [0.2, 0.25) is 0 Å². The van der Waals surface area contributed by atoms with Crippen LogP contribution in [0.4, 0.5) is 0 Å². The average molecular weight is 343 g/mol. The Bertz CT molecular complexity index is 730. The van der Waals surface area contributed by atoms with Gasteiger partial charge in [0.25, 0.3) is 5.91 Å². The Kier molecular flexibility index (Phi) is 6.39. The van der Waals surface area contributed by atoms with E-state index in [0.717, 1.165) is 5.56 Å². The van der Waals surface area contributed by atoms with Crippen LogP contribution in [0.5, 0.6) is 11.5 Å². The van der Waals surface area contributed by atoms with Crippen LogP contribution in [0, 0.1) is 0 Å². The quantitative estimate of drug-likeness (QED) is 0.769. The number of rotatable bonds is 8. The Hall–Kier alpha value is -3.02. The van der Waals surface area contributed by atoms with E-state index in [2.05, 4.69) is 0 Å². The first-order valence-electron chi connectivity index (χ1n) is 7.93. The zero-order valence-corrected chi connectivity index (χ0v) is 14.0. The molecule has 25 heavy (non-hydrogen) atoms. The molecular formula is C19H21NO5. The molecule has 0 aliphatic rings. The number of aliphatic carboxylic acids is 1. The summed E-state index contributed by atoms with van der Waals surface area (Å²) >= 11 is 0. The van der Waals surface area contributed by atoms with Gasteiger partial charge in [0.1, 0.15) is 11.5 Å². The van der Waals surface area contributed by atoms with Crippen molar-refractivity contribution in [2.24, 2.45) is 0 Å². The van der Waals surface area contributed by atoms with Gasteiger partial charge in [0.05, 0.1) is 12.7 Å². The first kappa shape index (κ1) is 18.3. The molecule has 0 spiro atoms. The van der Waals surface area contributed by atoms with Gasteiger partial charge in [0.15, 0.2) is 0 Å². The summed E-state index contributed by atoms with van der Waals surface area (Å²) in [5.74, 6) is -0.949. The summed E-state index contributed by atoms with van der Waals surface area (Å²) in [7, 11) is 1.48. The van der Waals surface area contributed by atoms with Crippen LogP contribution in [0.2, 0.25) is 0 Å². The number of carboxylic acid groups (broad SMARTS) is 1. The molecule has 0 saturated carbocycles. The van der Waals surface area contributed by atoms with Crippen molar-refractivity contribution in [3.8, 4) is 11.5 Å². The van der Waals surface area contributed by atoms with E-state index in [1.807, 2.05) is 30.3 Å². The minimum Gasteiger partial charge on any atom is -0.507 e. The number of ether oxygens (including phenoxy) is 1. The lowest BCUT2D eigenvalue weighted by atomic mass is 10.1. The summed E-state index contributed by atoms with van der Waals surface area (Å²) in [4.78, 5) is 25.2. The standard InChI is InChI=1S/C19H21NO5/c1-25-15-9-10-17(21)16(12-15)19(24)20(11-5-8-18(22)23)13-14-6-3-2-4-7-14/h2-4,6-7,9-10,12,21H,5,8,11,13H2,1H3,(H,22,23). The maximum atomic E-state index is 12.9. The van der Waals surface area contributed by atoms with Crippen LogP contribution in [0.3, 0.4) is 0 Å². The van der Waals surface area contributed by atoms with Crippen LogP contribution in [-0.2, 0) is 11.3 Å². The topological polar surface area (TPSA) is 87.1 Å². The largest absolute Gasteiger partial charge is 0.507 e. The smallest absolute Gasteiger partial charge is 0.303 e. The van der Waals surface area contributed by atoms with E-state index in [0.29, 0.717) is 18.7 Å². The molecule has 2 aromatic rings. The Balaban J connectivity index is 2.23. The number of carbonyl (C=O) groups excluding carboxylic acids is 1. The first-order chi connectivity index (χ1) is 12.0. The number of phenols is 1. The van der Waals surface area contributed by atoms with E-state index < -0.39 is 5.97 Å². The van der Waals surface area contributed by atoms with Crippen LogP contribution in [-0.4, -0.2) is 40.6 Å². The summed E-state index contributed by atoms with van der Waals surface area (Å²) < 4.78 is 5.11. The predicted octanol–water partition coefficient (Wildman–Crippen LogP) is 2.91. The number of phenolic OH excluding ortho intramolecular Hbond substituents is 1. The van der Waals surface area contributed by atoms with Crippen molar-refractivity contribution >= 4 is 11.9 Å². The zero-order valence-electron chi connectivity index (χ0n) is 14.0. The molecule has 0 radical (unpaired) electrons. The van der Waals surface area contributed by atoms with Gasteiger partial charge in [-0.2, -0.15) is 0 Å². The molecule has 6 heteroatoms. The maximum absolute atomic E-state index is 12.9. The van der Waals surface area contributed by atoms with Crippen molar-refractivity contribution in [3.05, 3.63) is 59.7 Å². The molecule has 1 amide bonds. The molecule has 2 rings (SSSR count). The highest BCUT2D eigenvalue weighted by Crippen LogP contribution is 2.25. The van der Waals surface area contributed by atoms with Crippen molar-refractivity contribution in [1.82, 2.24) is 4.90 Å². The van der Waals surface area contributed by atoms with Gasteiger partial charge < -0.3 is 19.8 Å². The number of benzene rings is 2. The highest BCUT2D eigenvalue weighted by Gasteiger charge is 2.20. The van der Waals surface area contributed by atoms with E-state index >= 15 is 0 Å². The highest BCUT2D eigenvalue weighted by molar-refractivity contribution is 5.97. The molecule has 0 aliphatic carbocycles. The molecule has 0 aliphatic heterocycles. The summed E-state index contributed by atoms with van der Waals surface area (Å²) in [6.45, 7) is 0.604. The fourth-order valence-electron chi connectivity index (χ4n) is 2.46. The number of nitrogens with zero attached hydrogens (tertiary/aromatic N) is 1. The monoisotopic (exact) mass is 343 g/mol. The molecule has 132 valence electrons. The number of hydrogen-bond donors (Lipinski definition) is 2. The Labute approximate surface area is 146 Å². The third-order valence-electron chi connectivity index (χ3n) is 3.76. The highest BCUT2D eigenvalue weighted by atomic mass is 16.5. The van der Waals surface area contributed by atoms with Gasteiger partial charge in [-0.15, -0.1) is 0 Å². The van der Waals surface area contributed by atoms with E-state index in [9.17, 15) is 14.7 Å². The second-order valence-corrected chi connectivity index (χ2v) is 5.59. The van der Waals surface area contributed by atoms with Crippen molar-refractivity contribution in [3.63, 3.8) is 0 Å². The molecule has 0 bridgehead atoms. The van der Waals surface area contributed by atoms with Crippen LogP contribution < -0.4 is 4.74 Å². The normalized spacial score (nSPS) is 10.3. The van der Waals surface area contributed by atoms with Crippen molar-refractivity contribution in [1.29, 1.82) is 0 Å². The predicted molar refractivity (Wildman–Crippen MR) is 92.7 cm³/mol. The van der Waals surface area contributed by atoms with E-state index in [1.54, 1.807) is 6.07 Å². The molecule has 6 nitrogen and oxygen atoms in total. The Morgan fingerprint density at radius 1 is 1.12 bits per heavy atom. The SMILES string of the molecule is COc1ccc(O)c(C(=O)N(CCCC(=O)O)Cc2ccccc2)c1. The summed E-state index contributed by atoms with van der Waals surface area (Å²) in [6, 6.07) is 13.9.